The van der Waals surface area contributed by atoms with Crippen LogP contribution in [0.2, 0.25) is 0 Å². The average Bonchev–Trinajstić information content (AvgIpc) is 2.73. The van der Waals surface area contributed by atoms with Crippen LogP contribution < -0.4 is 0 Å². The second-order valence-corrected chi connectivity index (χ2v) is 8.58. The Morgan fingerprint density at radius 2 is 1.47 bits per heavy atom. The molecule has 0 radical (unpaired) electrons. The van der Waals surface area contributed by atoms with Gasteiger partial charge >= 0.3 is 6.09 Å². The lowest BCUT2D eigenvalue weighted by Gasteiger charge is -2.35. The van der Waals surface area contributed by atoms with E-state index in [9.17, 15) is 4.79 Å². The summed E-state index contributed by atoms with van der Waals surface area (Å²) in [7, 11) is 0. The zero-order valence-corrected chi connectivity index (χ0v) is 17.9. The predicted octanol–water partition coefficient (Wildman–Crippen LogP) is 5.66. The Hall–Kier alpha value is -3.21. The minimum atomic E-state index is -0.533. The fourth-order valence-corrected chi connectivity index (χ4v) is 3.73. The van der Waals surface area contributed by atoms with Crippen molar-refractivity contribution in [1.29, 1.82) is 0 Å². The first kappa shape index (κ1) is 20.1. The molecular formula is C25H27N3O2. The molecule has 3 aromatic rings. The van der Waals surface area contributed by atoms with Crippen LogP contribution >= 0.6 is 0 Å². The van der Waals surface area contributed by atoms with Crippen molar-refractivity contribution in [1.82, 2.24) is 14.9 Å². The van der Waals surface area contributed by atoms with Crippen molar-refractivity contribution in [3.8, 4) is 22.5 Å². The molecule has 30 heavy (non-hydrogen) atoms. The van der Waals surface area contributed by atoms with Gasteiger partial charge < -0.3 is 4.74 Å². The first-order chi connectivity index (χ1) is 14.3. The van der Waals surface area contributed by atoms with Crippen LogP contribution in [0.1, 0.15) is 45.1 Å². The summed E-state index contributed by atoms with van der Waals surface area (Å²) in [4.78, 5) is 24.6. The normalized spacial score (nSPS) is 16.1. The van der Waals surface area contributed by atoms with Crippen LogP contribution in [0.4, 0.5) is 4.79 Å². The molecule has 1 atom stereocenters. The molecule has 1 amide bonds. The van der Waals surface area contributed by atoms with Gasteiger partial charge in [-0.25, -0.2) is 14.8 Å². The Kier molecular flexibility index (Phi) is 5.29. The SMILES string of the molecule is CC1c2nc(-c3ccccc3)c(-c3ccccc3)nc2CCN1C(=O)OC(C)(C)C. The first-order valence-corrected chi connectivity index (χ1v) is 10.3. The van der Waals surface area contributed by atoms with Crippen LogP contribution in [0.5, 0.6) is 0 Å². The maximum absolute atomic E-state index is 12.7. The van der Waals surface area contributed by atoms with Gasteiger partial charge in [0.05, 0.1) is 28.8 Å². The summed E-state index contributed by atoms with van der Waals surface area (Å²) in [6, 6.07) is 20.0. The van der Waals surface area contributed by atoms with E-state index in [2.05, 4.69) is 12.1 Å². The number of rotatable bonds is 2. The van der Waals surface area contributed by atoms with Crippen LogP contribution in [0.15, 0.2) is 60.7 Å². The summed E-state index contributed by atoms with van der Waals surface area (Å²) in [6.07, 6.45) is 0.344. The fraction of sp³-hybridized carbons (Fsp3) is 0.320. The number of carbonyl (C=O) groups excluding carboxylic acids is 1. The van der Waals surface area contributed by atoms with E-state index in [4.69, 9.17) is 14.7 Å². The van der Waals surface area contributed by atoms with Gasteiger partial charge in [0, 0.05) is 24.1 Å². The van der Waals surface area contributed by atoms with Gasteiger partial charge in [0.1, 0.15) is 5.60 Å². The molecule has 0 bridgehead atoms. The lowest BCUT2D eigenvalue weighted by Crippen LogP contribution is -2.42. The topological polar surface area (TPSA) is 55.3 Å². The van der Waals surface area contributed by atoms with Crippen molar-refractivity contribution in [2.75, 3.05) is 6.54 Å². The predicted molar refractivity (Wildman–Crippen MR) is 118 cm³/mol. The zero-order valence-electron chi connectivity index (χ0n) is 17.9. The van der Waals surface area contributed by atoms with Crippen LogP contribution in [0.3, 0.4) is 0 Å². The second-order valence-electron chi connectivity index (χ2n) is 8.58. The molecule has 0 saturated heterocycles. The van der Waals surface area contributed by atoms with Crippen molar-refractivity contribution < 1.29 is 9.53 Å². The molecule has 0 N–H and O–H groups in total. The molecule has 1 aliphatic rings. The number of benzene rings is 2. The molecule has 2 heterocycles. The van der Waals surface area contributed by atoms with Gasteiger partial charge in [-0.05, 0) is 27.7 Å². The van der Waals surface area contributed by atoms with E-state index in [1.807, 2.05) is 76.2 Å². The molecule has 0 aliphatic carbocycles. The standard InChI is InChI=1S/C25H27N3O2/c1-17-21-20(15-16-28(17)24(29)30-25(2,3)4)26-22(18-11-7-5-8-12-18)23(27-21)19-13-9-6-10-14-19/h5-14,17H,15-16H2,1-4H3. The average molecular weight is 402 g/mol. The molecule has 1 aromatic heterocycles. The van der Waals surface area contributed by atoms with Gasteiger partial charge in [0.15, 0.2) is 0 Å². The van der Waals surface area contributed by atoms with Crippen molar-refractivity contribution >= 4 is 6.09 Å². The van der Waals surface area contributed by atoms with Gasteiger partial charge in [0.2, 0.25) is 0 Å². The summed E-state index contributed by atoms with van der Waals surface area (Å²) >= 11 is 0. The summed E-state index contributed by atoms with van der Waals surface area (Å²) < 4.78 is 5.61. The summed E-state index contributed by atoms with van der Waals surface area (Å²) in [5.41, 5.74) is 5.00. The van der Waals surface area contributed by atoms with Crippen molar-refractivity contribution in [3.05, 3.63) is 72.1 Å². The van der Waals surface area contributed by atoms with Crippen molar-refractivity contribution in [3.63, 3.8) is 0 Å². The molecule has 5 nitrogen and oxygen atoms in total. The Bertz CT molecular complexity index is 1040. The number of fused-ring (bicyclic) bond motifs is 1. The van der Waals surface area contributed by atoms with Gasteiger partial charge in [-0.15, -0.1) is 0 Å². The molecule has 0 spiro atoms. The molecule has 4 rings (SSSR count). The number of ether oxygens (including phenoxy) is 1. The molecule has 2 aromatic carbocycles. The fourth-order valence-electron chi connectivity index (χ4n) is 3.73. The van der Waals surface area contributed by atoms with Crippen molar-refractivity contribution in [2.45, 2.75) is 45.8 Å². The van der Waals surface area contributed by atoms with E-state index in [1.165, 1.54) is 0 Å². The first-order valence-electron chi connectivity index (χ1n) is 10.3. The Balaban J connectivity index is 1.79. The van der Waals surface area contributed by atoms with Crippen LogP contribution in [0, 0.1) is 0 Å². The molecule has 5 heteroatoms. The number of aromatic nitrogens is 2. The van der Waals surface area contributed by atoms with E-state index in [0.717, 1.165) is 33.9 Å². The van der Waals surface area contributed by atoms with E-state index < -0.39 is 5.60 Å². The van der Waals surface area contributed by atoms with Gasteiger partial charge in [-0.2, -0.15) is 0 Å². The molecule has 1 unspecified atom stereocenters. The summed E-state index contributed by atoms with van der Waals surface area (Å²) in [5, 5.41) is 0. The number of hydrogen-bond acceptors (Lipinski definition) is 4. The zero-order chi connectivity index (χ0) is 21.3. The molecular weight excluding hydrogens is 374 g/mol. The number of hydrogen-bond donors (Lipinski definition) is 0. The Morgan fingerprint density at radius 1 is 0.933 bits per heavy atom. The van der Waals surface area contributed by atoms with Crippen LogP contribution in [-0.4, -0.2) is 33.1 Å². The maximum Gasteiger partial charge on any atom is 0.410 e. The third kappa shape index (κ3) is 4.06. The number of nitrogens with zero attached hydrogens (tertiary/aromatic N) is 3. The Morgan fingerprint density at radius 3 is 2.00 bits per heavy atom. The molecule has 0 fully saturated rings. The number of amides is 1. The van der Waals surface area contributed by atoms with E-state index in [0.29, 0.717) is 13.0 Å². The Labute approximate surface area is 177 Å². The maximum atomic E-state index is 12.7. The second kappa shape index (κ2) is 7.90. The summed E-state index contributed by atoms with van der Waals surface area (Å²) in [6.45, 7) is 8.21. The highest BCUT2D eigenvalue weighted by molar-refractivity contribution is 5.78. The highest BCUT2D eigenvalue weighted by Gasteiger charge is 2.33. The lowest BCUT2D eigenvalue weighted by molar-refractivity contribution is 0.0153. The van der Waals surface area contributed by atoms with E-state index >= 15 is 0 Å². The van der Waals surface area contributed by atoms with Crippen LogP contribution in [-0.2, 0) is 11.2 Å². The highest BCUT2D eigenvalue weighted by atomic mass is 16.6. The smallest absolute Gasteiger partial charge is 0.410 e. The summed E-state index contributed by atoms with van der Waals surface area (Å²) in [5.74, 6) is 0. The van der Waals surface area contributed by atoms with Crippen molar-refractivity contribution in [2.24, 2.45) is 0 Å². The minimum Gasteiger partial charge on any atom is -0.444 e. The third-order valence-electron chi connectivity index (χ3n) is 5.17. The van der Waals surface area contributed by atoms with Gasteiger partial charge in [-0.3, -0.25) is 4.90 Å². The third-order valence-corrected chi connectivity index (χ3v) is 5.17. The van der Waals surface area contributed by atoms with E-state index in [-0.39, 0.29) is 12.1 Å². The molecule has 0 saturated carbocycles. The van der Waals surface area contributed by atoms with E-state index in [1.54, 1.807) is 4.90 Å². The van der Waals surface area contributed by atoms with Crippen LogP contribution in [0.25, 0.3) is 22.5 Å². The molecule has 154 valence electrons. The minimum absolute atomic E-state index is 0.205. The quantitative estimate of drug-likeness (QED) is 0.556. The van der Waals surface area contributed by atoms with Gasteiger partial charge in [-0.1, -0.05) is 60.7 Å². The highest BCUT2D eigenvalue weighted by Crippen LogP contribution is 2.35. The molecule has 1 aliphatic heterocycles. The lowest BCUT2D eigenvalue weighted by atomic mass is 9.99. The van der Waals surface area contributed by atoms with Gasteiger partial charge in [0.25, 0.3) is 0 Å². The number of carbonyl (C=O) groups is 1. The largest absolute Gasteiger partial charge is 0.444 e. The monoisotopic (exact) mass is 401 g/mol.